The average molecular weight is 529 g/mol. The summed E-state index contributed by atoms with van der Waals surface area (Å²) in [4.78, 5) is 17.0. The van der Waals surface area contributed by atoms with Gasteiger partial charge in [0.15, 0.2) is 5.82 Å². The molecule has 2 aromatic heterocycles. The maximum absolute atomic E-state index is 12.7. The topological polar surface area (TPSA) is 114 Å². The number of aliphatic hydroxyl groups excluding tert-OH is 1. The number of aryl methyl sites for hydroxylation is 1. The molecule has 4 N–H and O–H groups in total. The fourth-order valence-electron chi connectivity index (χ4n) is 5.75. The van der Waals surface area contributed by atoms with Crippen LogP contribution in [0, 0.1) is 0 Å². The van der Waals surface area contributed by atoms with E-state index in [2.05, 4.69) is 61.2 Å². The number of hydrogen-bond acceptors (Lipinski definition) is 7. The number of nitrogens with one attached hydrogen (secondary N) is 3. The Labute approximate surface area is 228 Å². The van der Waals surface area contributed by atoms with E-state index in [1.807, 2.05) is 24.1 Å². The van der Waals surface area contributed by atoms with Gasteiger partial charge in [0.25, 0.3) is 5.91 Å². The average Bonchev–Trinajstić information content (AvgIpc) is 3.58. The normalized spacial score (nSPS) is 17.2. The number of para-hydroxylation sites is 1. The minimum absolute atomic E-state index is 0.0419. The summed E-state index contributed by atoms with van der Waals surface area (Å²) in [5.74, 6) is 0.786. The van der Waals surface area contributed by atoms with Crippen molar-refractivity contribution in [1.82, 2.24) is 29.8 Å². The van der Waals surface area contributed by atoms with Crippen LogP contribution in [-0.4, -0.2) is 85.7 Å². The molecule has 0 saturated carbocycles. The second kappa shape index (κ2) is 11.1. The molecule has 204 valence electrons. The molecule has 2 aliphatic heterocycles. The van der Waals surface area contributed by atoms with Crippen molar-refractivity contribution >= 4 is 28.3 Å². The van der Waals surface area contributed by atoms with E-state index in [-0.39, 0.29) is 11.9 Å². The number of fused-ring (bicyclic) bond motifs is 2. The first-order valence-corrected chi connectivity index (χ1v) is 13.8. The lowest BCUT2D eigenvalue weighted by Crippen LogP contribution is -2.42. The van der Waals surface area contributed by atoms with E-state index in [1.165, 1.54) is 11.1 Å². The molecule has 0 bridgehead atoms. The van der Waals surface area contributed by atoms with Crippen molar-refractivity contribution < 1.29 is 9.90 Å². The van der Waals surface area contributed by atoms with Crippen LogP contribution < -0.4 is 10.6 Å². The van der Waals surface area contributed by atoms with Gasteiger partial charge in [-0.05, 0) is 42.5 Å². The Bertz CT molecular complexity index is 1440. The molecule has 39 heavy (non-hydrogen) atoms. The fourth-order valence-corrected chi connectivity index (χ4v) is 5.75. The van der Waals surface area contributed by atoms with Crippen LogP contribution in [0.3, 0.4) is 0 Å². The fraction of sp³-hybridized carbons (Fsp3) is 0.414. The van der Waals surface area contributed by atoms with Crippen molar-refractivity contribution in [1.29, 1.82) is 0 Å². The molecule has 0 aliphatic carbocycles. The van der Waals surface area contributed by atoms with Crippen molar-refractivity contribution in [3.63, 3.8) is 0 Å². The number of piperidine rings is 1. The van der Waals surface area contributed by atoms with Crippen LogP contribution in [0.5, 0.6) is 0 Å². The summed E-state index contributed by atoms with van der Waals surface area (Å²) in [7, 11) is 1.82. The number of aliphatic hydroxyl groups is 1. The molecule has 1 saturated heterocycles. The molecular formula is C29H36N8O2. The Balaban J connectivity index is 1.02. The lowest BCUT2D eigenvalue weighted by Gasteiger charge is -2.32. The van der Waals surface area contributed by atoms with Gasteiger partial charge in [-0.3, -0.25) is 19.5 Å². The maximum atomic E-state index is 12.7. The van der Waals surface area contributed by atoms with Crippen LogP contribution in [0.2, 0.25) is 0 Å². The first kappa shape index (κ1) is 25.4. The number of β-amino-alcohol motifs (C(OH)–C–C–N with tert-alkyl or cyclic N) is 1. The number of H-pyrrole nitrogens is 1. The monoisotopic (exact) mass is 528 g/mol. The molecule has 2 aliphatic rings. The van der Waals surface area contributed by atoms with E-state index in [9.17, 15) is 9.90 Å². The Morgan fingerprint density at radius 2 is 1.95 bits per heavy atom. The van der Waals surface area contributed by atoms with Crippen molar-refractivity contribution in [2.45, 2.75) is 38.0 Å². The highest BCUT2D eigenvalue weighted by Gasteiger charge is 2.25. The Hall–Kier alpha value is -3.89. The molecule has 0 radical (unpaired) electrons. The molecule has 4 heterocycles. The molecule has 10 heteroatoms. The third kappa shape index (κ3) is 5.62. The van der Waals surface area contributed by atoms with Gasteiger partial charge >= 0.3 is 0 Å². The largest absolute Gasteiger partial charge is 0.390 e. The smallest absolute Gasteiger partial charge is 0.257 e. The number of carbonyl (C=O) groups is 1. The molecule has 1 fully saturated rings. The van der Waals surface area contributed by atoms with Crippen molar-refractivity contribution in [3.8, 4) is 0 Å². The zero-order valence-electron chi connectivity index (χ0n) is 22.3. The third-order valence-electron chi connectivity index (χ3n) is 7.88. The van der Waals surface area contributed by atoms with E-state index >= 15 is 0 Å². The Morgan fingerprint density at radius 1 is 1.13 bits per heavy atom. The molecule has 1 amide bonds. The van der Waals surface area contributed by atoms with Gasteiger partial charge < -0.3 is 20.6 Å². The van der Waals surface area contributed by atoms with Gasteiger partial charge in [-0.25, -0.2) is 0 Å². The molecule has 6 rings (SSSR count). The number of nitrogens with zero attached hydrogens (tertiary/aromatic N) is 5. The van der Waals surface area contributed by atoms with Crippen LogP contribution in [0.25, 0.3) is 10.9 Å². The molecule has 4 aromatic rings. The zero-order chi connectivity index (χ0) is 26.8. The number of amides is 1. The minimum atomic E-state index is -0.497. The first-order valence-electron chi connectivity index (χ1n) is 13.8. The van der Waals surface area contributed by atoms with E-state index in [4.69, 9.17) is 0 Å². The number of rotatable bonds is 8. The van der Waals surface area contributed by atoms with Crippen LogP contribution >= 0.6 is 0 Å². The number of benzene rings is 2. The highest BCUT2D eigenvalue weighted by molar-refractivity contribution is 5.97. The summed E-state index contributed by atoms with van der Waals surface area (Å²) >= 11 is 0. The first-order chi connectivity index (χ1) is 19.0. The number of anilines is 2. The number of aromatic nitrogens is 4. The number of hydrogen-bond donors (Lipinski definition) is 4. The summed E-state index contributed by atoms with van der Waals surface area (Å²) in [6, 6.07) is 14.9. The predicted molar refractivity (Wildman–Crippen MR) is 152 cm³/mol. The van der Waals surface area contributed by atoms with E-state index < -0.39 is 6.10 Å². The lowest BCUT2D eigenvalue weighted by atomic mass is 10.00. The van der Waals surface area contributed by atoms with Gasteiger partial charge in [0, 0.05) is 63.9 Å². The van der Waals surface area contributed by atoms with Gasteiger partial charge in [0.1, 0.15) is 0 Å². The van der Waals surface area contributed by atoms with Gasteiger partial charge in [0.05, 0.1) is 29.1 Å². The minimum Gasteiger partial charge on any atom is -0.390 e. The standard InChI is InChI=1S/C29H36N8O2/c1-35-17-22(15-31-35)29(39)37-13-10-23(11-14-37)32-26-8-4-7-25-27(26)33-34-28(25)30-16-24(38)19-36-12-9-20-5-2-3-6-21(20)18-36/h2-8,15,17,23-24,32,38H,9-14,16,18-19H2,1H3,(H2,30,33,34)/t24-/m0/s1. The van der Waals surface area contributed by atoms with Crippen LogP contribution in [0.15, 0.2) is 54.9 Å². The zero-order valence-corrected chi connectivity index (χ0v) is 22.3. The lowest BCUT2D eigenvalue weighted by molar-refractivity contribution is 0.0718. The quantitative estimate of drug-likeness (QED) is 0.278. The van der Waals surface area contributed by atoms with Crippen molar-refractivity contribution in [2.75, 3.05) is 43.4 Å². The molecule has 0 unspecified atom stereocenters. The summed E-state index contributed by atoms with van der Waals surface area (Å²) < 4.78 is 1.66. The van der Waals surface area contributed by atoms with E-state index in [1.54, 1.807) is 17.1 Å². The number of carbonyl (C=O) groups excluding carboxylic acids is 1. The molecular weight excluding hydrogens is 492 g/mol. The summed E-state index contributed by atoms with van der Waals surface area (Å²) in [6.45, 7) is 4.31. The highest BCUT2D eigenvalue weighted by atomic mass is 16.3. The highest BCUT2D eigenvalue weighted by Crippen LogP contribution is 2.29. The molecule has 0 spiro atoms. The van der Waals surface area contributed by atoms with Crippen molar-refractivity contribution in [2.24, 2.45) is 7.05 Å². The SMILES string of the molecule is Cn1cc(C(=O)N2CCC(Nc3cccc4c(NC[C@H](O)CN5CCc6ccccc6C5)n[nH]c34)CC2)cn1. The second-order valence-electron chi connectivity index (χ2n) is 10.7. The second-order valence-corrected chi connectivity index (χ2v) is 10.7. The molecule has 10 nitrogen and oxygen atoms in total. The predicted octanol–water partition coefficient (Wildman–Crippen LogP) is 2.84. The summed E-state index contributed by atoms with van der Waals surface area (Å²) in [5, 5.41) is 30.5. The maximum Gasteiger partial charge on any atom is 0.257 e. The van der Waals surface area contributed by atoms with Gasteiger partial charge in [-0.2, -0.15) is 10.2 Å². The summed E-state index contributed by atoms with van der Waals surface area (Å²) in [6.07, 6.45) is 5.66. The van der Waals surface area contributed by atoms with Crippen LogP contribution in [0.1, 0.15) is 34.3 Å². The third-order valence-corrected chi connectivity index (χ3v) is 7.88. The Morgan fingerprint density at radius 3 is 2.74 bits per heavy atom. The molecule has 2 aromatic carbocycles. The van der Waals surface area contributed by atoms with Gasteiger partial charge in [-0.1, -0.05) is 30.3 Å². The molecule has 1 atom stereocenters. The Kier molecular flexibility index (Phi) is 7.21. The summed E-state index contributed by atoms with van der Waals surface area (Å²) in [5.41, 5.74) is 5.34. The van der Waals surface area contributed by atoms with E-state index in [0.29, 0.717) is 31.7 Å². The van der Waals surface area contributed by atoms with Crippen LogP contribution in [-0.2, 0) is 20.0 Å². The number of likely N-dealkylation sites (tertiary alicyclic amines) is 1. The van der Waals surface area contributed by atoms with Crippen LogP contribution in [0.4, 0.5) is 11.5 Å². The van der Waals surface area contributed by atoms with Gasteiger partial charge in [0.2, 0.25) is 0 Å². The van der Waals surface area contributed by atoms with Crippen molar-refractivity contribution in [3.05, 3.63) is 71.5 Å². The number of aromatic amines is 1. The van der Waals surface area contributed by atoms with E-state index in [0.717, 1.165) is 54.8 Å². The van der Waals surface area contributed by atoms with Gasteiger partial charge in [-0.15, -0.1) is 0 Å².